The monoisotopic (exact) mass is 367 g/mol. The maximum atomic E-state index is 12.5. The zero-order valence-electron chi connectivity index (χ0n) is 15.7. The number of carbonyl (C=O) groups excluding carboxylic acids is 1. The highest BCUT2D eigenvalue weighted by molar-refractivity contribution is 5.94. The normalized spacial score (nSPS) is 10.7. The van der Waals surface area contributed by atoms with Crippen LogP contribution in [0.5, 0.6) is 11.5 Å². The maximum Gasteiger partial charge on any atom is 0.340 e. The second kappa shape index (κ2) is 7.53. The van der Waals surface area contributed by atoms with Crippen molar-refractivity contribution in [3.05, 3.63) is 63.5 Å². The van der Waals surface area contributed by atoms with E-state index < -0.39 is 5.63 Å². The Hall–Kier alpha value is -3.28. The molecule has 3 aromatic rings. The Bertz CT molecular complexity index is 1070. The van der Waals surface area contributed by atoms with Crippen LogP contribution in [0.15, 0.2) is 45.6 Å². The molecule has 0 fully saturated rings. The molecule has 0 aliphatic carbocycles. The van der Waals surface area contributed by atoms with Crippen LogP contribution in [-0.4, -0.2) is 20.1 Å². The van der Waals surface area contributed by atoms with E-state index in [0.29, 0.717) is 39.3 Å². The average molecular weight is 367 g/mol. The van der Waals surface area contributed by atoms with Gasteiger partial charge in [0.2, 0.25) is 5.91 Å². The van der Waals surface area contributed by atoms with Gasteiger partial charge in [0, 0.05) is 11.8 Å². The smallest absolute Gasteiger partial charge is 0.340 e. The van der Waals surface area contributed by atoms with Gasteiger partial charge in [-0.05, 0) is 49.2 Å². The Labute approximate surface area is 156 Å². The number of hydrogen-bond acceptors (Lipinski definition) is 5. The Morgan fingerprint density at radius 1 is 1.11 bits per heavy atom. The number of ether oxygens (including phenoxy) is 2. The molecular weight excluding hydrogens is 346 g/mol. The maximum absolute atomic E-state index is 12.5. The lowest BCUT2D eigenvalue weighted by Gasteiger charge is -2.12. The standard InChI is InChI=1S/C21H21NO5/c1-12-8-17(26-4)20-13(2)16(21(24)27-18(20)9-12)11-19(23)22-14-6-5-7-15(10-14)25-3/h5-10H,11H2,1-4H3,(H,22,23). The summed E-state index contributed by atoms with van der Waals surface area (Å²) >= 11 is 0. The number of fused-ring (bicyclic) bond motifs is 1. The number of aryl methyl sites for hydroxylation is 2. The second-order valence-electron chi connectivity index (χ2n) is 6.29. The minimum Gasteiger partial charge on any atom is -0.497 e. The fourth-order valence-corrected chi connectivity index (χ4v) is 3.07. The molecule has 0 spiro atoms. The Kier molecular flexibility index (Phi) is 5.16. The number of rotatable bonds is 5. The molecule has 0 radical (unpaired) electrons. The predicted octanol–water partition coefficient (Wildman–Crippen LogP) is 3.61. The fraction of sp³-hybridized carbons (Fsp3) is 0.238. The molecule has 0 bridgehead atoms. The van der Waals surface area contributed by atoms with Gasteiger partial charge in [-0.3, -0.25) is 4.79 Å². The number of anilines is 1. The van der Waals surface area contributed by atoms with Crippen LogP contribution in [0.25, 0.3) is 11.0 Å². The van der Waals surface area contributed by atoms with Crippen molar-refractivity contribution in [2.45, 2.75) is 20.3 Å². The molecule has 1 heterocycles. The molecule has 0 saturated heterocycles. The van der Waals surface area contributed by atoms with Gasteiger partial charge < -0.3 is 19.2 Å². The van der Waals surface area contributed by atoms with Crippen LogP contribution < -0.4 is 20.4 Å². The van der Waals surface area contributed by atoms with Crippen LogP contribution >= 0.6 is 0 Å². The van der Waals surface area contributed by atoms with Crippen molar-refractivity contribution >= 4 is 22.6 Å². The first-order valence-electron chi connectivity index (χ1n) is 8.47. The topological polar surface area (TPSA) is 77.8 Å². The summed E-state index contributed by atoms with van der Waals surface area (Å²) in [5, 5.41) is 3.48. The molecule has 0 atom stereocenters. The molecule has 27 heavy (non-hydrogen) atoms. The quantitative estimate of drug-likeness (QED) is 0.697. The van der Waals surface area contributed by atoms with Crippen molar-refractivity contribution in [3.8, 4) is 11.5 Å². The predicted molar refractivity (Wildman–Crippen MR) is 104 cm³/mol. The van der Waals surface area contributed by atoms with Crippen LogP contribution in [0, 0.1) is 13.8 Å². The highest BCUT2D eigenvalue weighted by Gasteiger charge is 2.18. The van der Waals surface area contributed by atoms with E-state index in [1.807, 2.05) is 13.0 Å². The molecule has 2 aromatic carbocycles. The minimum absolute atomic E-state index is 0.0989. The Balaban J connectivity index is 1.95. The van der Waals surface area contributed by atoms with E-state index in [-0.39, 0.29) is 12.3 Å². The zero-order chi connectivity index (χ0) is 19.6. The van der Waals surface area contributed by atoms with Crippen LogP contribution in [0.1, 0.15) is 16.7 Å². The number of benzene rings is 2. The molecule has 1 amide bonds. The molecule has 140 valence electrons. The molecular formula is C21H21NO5. The largest absolute Gasteiger partial charge is 0.497 e. The summed E-state index contributed by atoms with van der Waals surface area (Å²) < 4.78 is 16.0. The summed E-state index contributed by atoms with van der Waals surface area (Å²) in [6.07, 6.45) is -0.0989. The number of methoxy groups -OCH3 is 2. The number of nitrogens with one attached hydrogen (secondary N) is 1. The second-order valence-corrected chi connectivity index (χ2v) is 6.29. The van der Waals surface area contributed by atoms with Gasteiger partial charge in [-0.1, -0.05) is 6.07 Å². The van der Waals surface area contributed by atoms with Crippen molar-refractivity contribution in [3.63, 3.8) is 0 Å². The SMILES string of the molecule is COc1cccc(NC(=O)Cc2c(C)c3c(OC)cc(C)cc3oc2=O)c1. The third-order valence-electron chi connectivity index (χ3n) is 4.40. The molecule has 0 saturated carbocycles. The number of hydrogen-bond donors (Lipinski definition) is 1. The van der Waals surface area contributed by atoms with Crippen molar-refractivity contribution in [1.82, 2.24) is 0 Å². The Morgan fingerprint density at radius 2 is 1.89 bits per heavy atom. The van der Waals surface area contributed by atoms with E-state index in [0.717, 1.165) is 5.56 Å². The summed E-state index contributed by atoms with van der Waals surface area (Å²) in [6.45, 7) is 3.69. The van der Waals surface area contributed by atoms with Crippen molar-refractivity contribution in [2.24, 2.45) is 0 Å². The molecule has 1 N–H and O–H groups in total. The summed E-state index contributed by atoms with van der Waals surface area (Å²) in [7, 11) is 3.12. The summed E-state index contributed by atoms with van der Waals surface area (Å²) in [5.74, 6) is 0.930. The Morgan fingerprint density at radius 3 is 2.59 bits per heavy atom. The molecule has 0 unspecified atom stereocenters. The van der Waals surface area contributed by atoms with Crippen molar-refractivity contribution in [2.75, 3.05) is 19.5 Å². The number of carbonyl (C=O) groups is 1. The van der Waals surface area contributed by atoms with Gasteiger partial charge >= 0.3 is 5.63 Å². The first-order valence-corrected chi connectivity index (χ1v) is 8.47. The highest BCUT2D eigenvalue weighted by Crippen LogP contribution is 2.31. The average Bonchev–Trinajstić information content (AvgIpc) is 2.64. The van der Waals surface area contributed by atoms with E-state index in [2.05, 4.69) is 5.32 Å². The van der Waals surface area contributed by atoms with Gasteiger partial charge in [0.25, 0.3) is 0 Å². The zero-order valence-corrected chi connectivity index (χ0v) is 15.7. The van der Waals surface area contributed by atoms with Gasteiger partial charge in [0.1, 0.15) is 17.1 Å². The van der Waals surface area contributed by atoms with Crippen LogP contribution in [0.2, 0.25) is 0 Å². The molecule has 6 heteroatoms. The van der Waals surface area contributed by atoms with Gasteiger partial charge in [-0.15, -0.1) is 0 Å². The van der Waals surface area contributed by atoms with E-state index in [1.54, 1.807) is 51.5 Å². The van der Waals surface area contributed by atoms with E-state index in [9.17, 15) is 9.59 Å². The molecule has 0 aliphatic rings. The molecule has 1 aromatic heterocycles. The minimum atomic E-state index is -0.520. The lowest BCUT2D eigenvalue weighted by atomic mass is 10.0. The van der Waals surface area contributed by atoms with Crippen LogP contribution in [0.4, 0.5) is 5.69 Å². The first-order chi connectivity index (χ1) is 12.9. The molecule has 0 aliphatic heterocycles. The summed E-state index contributed by atoms with van der Waals surface area (Å²) in [5.41, 5.74) is 2.43. The third kappa shape index (κ3) is 3.79. The van der Waals surface area contributed by atoms with Crippen LogP contribution in [-0.2, 0) is 11.2 Å². The van der Waals surface area contributed by atoms with Crippen molar-refractivity contribution in [1.29, 1.82) is 0 Å². The van der Waals surface area contributed by atoms with Gasteiger partial charge in [-0.2, -0.15) is 0 Å². The fourth-order valence-electron chi connectivity index (χ4n) is 3.07. The molecule has 3 rings (SSSR count). The summed E-state index contributed by atoms with van der Waals surface area (Å²) in [6, 6.07) is 10.7. The van der Waals surface area contributed by atoms with E-state index in [1.165, 1.54) is 0 Å². The van der Waals surface area contributed by atoms with Crippen LogP contribution in [0.3, 0.4) is 0 Å². The van der Waals surface area contributed by atoms with E-state index >= 15 is 0 Å². The highest BCUT2D eigenvalue weighted by atomic mass is 16.5. The molecule has 6 nitrogen and oxygen atoms in total. The first kappa shape index (κ1) is 18.5. The summed E-state index contributed by atoms with van der Waals surface area (Å²) in [4.78, 5) is 24.9. The number of amides is 1. The van der Waals surface area contributed by atoms with Crippen molar-refractivity contribution < 1.29 is 18.7 Å². The lowest BCUT2D eigenvalue weighted by Crippen LogP contribution is -2.20. The van der Waals surface area contributed by atoms with Gasteiger partial charge in [0.05, 0.1) is 31.6 Å². The van der Waals surface area contributed by atoms with Gasteiger partial charge in [-0.25, -0.2) is 4.79 Å². The lowest BCUT2D eigenvalue weighted by molar-refractivity contribution is -0.115. The van der Waals surface area contributed by atoms with E-state index in [4.69, 9.17) is 13.9 Å². The third-order valence-corrected chi connectivity index (χ3v) is 4.40. The van der Waals surface area contributed by atoms with Gasteiger partial charge in [0.15, 0.2) is 0 Å².